The van der Waals surface area contributed by atoms with Gasteiger partial charge in [-0.25, -0.2) is 8.42 Å². The van der Waals surface area contributed by atoms with Gasteiger partial charge in [0, 0.05) is 20.1 Å². The minimum absolute atomic E-state index is 0.169. The van der Waals surface area contributed by atoms with Crippen molar-refractivity contribution in [3.8, 4) is 5.75 Å². The monoisotopic (exact) mass is 312 g/mol. The number of hydrogen-bond acceptors (Lipinski definition) is 4. The maximum Gasteiger partial charge on any atom is 0.267 e. The number of ether oxygens (including phenoxy) is 1. The van der Waals surface area contributed by atoms with E-state index in [2.05, 4.69) is 0 Å². The first-order chi connectivity index (χ1) is 9.82. The van der Waals surface area contributed by atoms with E-state index in [-0.39, 0.29) is 10.8 Å². The van der Waals surface area contributed by atoms with E-state index in [9.17, 15) is 13.2 Å². The average molecular weight is 312 g/mol. The lowest BCUT2D eigenvalue weighted by molar-refractivity contribution is -0.125. The lowest BCUT2D eigenvalue weighted by Crippen LogP contribution is -2.42. The molecule has 116 valence electrons. The smallest absolute Gasteiger partial charge is 0.267 e. The van der Waals surface area contributed by atoms with Crippen LogP contribution in [0.4, 0.5) is 5.69 Å². The largest absolute Gasteiger partial charge is 0.479 e. The quantitative estimate of drug-likeness (QED) is 0.844. The third-order valence-electron chi connectivity index (χ3n) is 3.62. The number of sulfonamides is 1. The van der Waals surface area contributed by atoms with Crippen molar-refractivity contribution in [2.45, 2.75) is 31.8 Å². The van der Waals surface area contributed by atoms with Gasteiger partial charge in [0.25, 0.3) is 5.91 Å². The van der Waals surface area contributed by atoms with Gasteiger partial charge in [-0.15, -0.1) is 0 Å². The molecule has 0 N–H and O–H groups in total. The Hall–Kier alpha value is -1.60. The van der Waals surface area contributed by atoms with Gasteiger partial charge in [0.1, 0.15) is 5.75 Å². The molecular formula is C14H20N2O4S. The number of rotatable bonds is 4. The molecule has 1 aromatic carbocycles. The molecule has 21 heavy (non-hydrogen) atoms. The summed E-state index contributed by atoms with van der Waals surface area (Å²) in [5.74, 6) is 0.322. The van der Waals surface area contributed by atoms with Crippen LogP contribution in [0.15, 0.2) is 23.1 Å². The molecule has 1 aromatic rings. The summed E-state index contributed by atoms with van der Waals surface area (Å²) >= 11 is 0. The number of amides is 1. The number of benzene rings is 1. The SMILES string of the molecule is CCN(CC)S(=O)(=O)c1ccc2c(c1)N(C)C(=O)C(C)O2. The van der Waals surface area contributed by atoms with Crippen LogP contribution in [0.3, 0.4) is 0 Å². The van der Waals surface area contributed by atoms with Crippen molar-refractivity contribution in [2.75, 3.05) is 25.0 Å². The normalized spacial score (nSPS) is 18.6. The van der Waals surface area contributed by atoms with E-state index in [4.69, 9.17) is 4.74 Å². The van der Waals surface area contributed by atoms with E-state index < -0.39 is 16.1 Å². The first-order valence-corrected chi connectivity index (χ1v) is 8.35. The number of anilines is 1. The zero-order chi connectivity index (χ0) is 15.8. The highest BCUT2D eigenvalue weighted by molar-refractivity contribution is 7.89. The molecule has 6 nitrogen and oxygen atoms in total. The summed E-state index contributed by atoms with van der Waals surface area (Å²) < 4.78 is 31.9. The fraction of sp³-hybridized carbons (Fsp3) is 0.500. The molecule has 0 radical (unpaired) electrons. The fourth-order valence-corrected chi connectivity index (χ4v) is 3.84. The van der Waals surface area contributed by atoms with Crippen molar-refractivity contribution in [1.82, 2.24) is 4.31 Å². The third kappa shape index (κ3) is 2.63. The van der Waals surface area contributed by atoms with Crippen LogP contribution in [0.2, 0.25) is 0 Å². The molecule has 0 saturated carbocycles. The second-order valence-electron chi connectivity index (χ2n) is 4.88. The van der Waals surface area contributed by atoms with Gasteiger partial charge in [0.05, 0.1) is 10.6 Å². The predicted molar refractivity (Wildman–Crippen MR) is 80.0 cm³/mol. The molecule has 1 aliphatic heterocycles. The number of carbonyl (C=O) groups excluding carboxylic acids is 1. The molecular weight excluding hydrogens is 292 g/mol. The lowest BCUT2D eigenvalue weighted by atomic mass is 10.2. The van der Waals surface area contributed by atoms with Gasteiger partial charge in [0.2, 0.25) is 10.0 Å². The molecule has 0 fully saturated rings. The summed E-state index contributed by atoms with van der Waals surface area (Å²) in [7, 11) is -1.93. The Balaban J connectivity index is 2.49. The number of nitrogens with zero attached hydrogens (tertiary/aromatic N) is 2. The zero-order valence-electron chi connectivity index (χ0n) is 12.7. The van der Waals surface area contributed by atoms with Crippen molar-refractivity contribution in [3.05, 3.63) is 18.2 Å². The Bertz CT molecular complexity index is 653. The molecule has 0 aliphatic carbocycles. The van der Waals surface area contributed by atoms with Crippen molar-refractivity contribution in [1.29, 1.82) is 0 Å². The van der Waals surface area contributed by atoms with Gasteiger partial charge in [-0.1, -0.05) is 13.8 Å². The van der Waals surface area contributed by atoms with E-state index in [1.807, 2.05) is 0 Å². The minimum Gasteiger partial charge on any atom is -0.479 e. The fourth-order valence-electron chi connectivity index (χ4n) is 2.36. The van der Waals surface area contributed by atoms with Crippen molar-refractivity contribution in [3.63, 3.8) is 0 Å². The predicted octanol–water partition coefficient (Wildman–Crippen LogP) is 1.46. The summed E-state index contributed by atoms with van der Waals surface area (Å²) in [6.07, 6.45) is -0.562. The average Bonchev–Trinajstić information content (AvgIpc) is 2.45. The Morgan fingerprint density at radius 3 is 2.48 bits per heavy atom. The van der Waals surface area contributed by atoms with Crippen LogP contribution in [0.5, 0.6) is 5.75 Å². The maximum absolute atomic E-state index is 12.5. The van der Waals surface area contributed by atoms with Gasteiger partial charge in [-0.3, -0.25) is 4.79 Å². The standard InChI is InChI=1S/C14H20N2O4S/c1-5-16(6-2)21(18,19)11-7-8-13-12(9-11)15(4)14(17)10(3)20-13/h7-10H,5-6H2,1-4H3. The van der Waals surface area contributed by atoms with E-state index in [1.165, 1.54) is 21.3 Å². The van der Waals surface area contributed by atoms with Gasteiger partial charge in [-0.2, -0.15) is 4.31 Å². The minimum atomic E-state index is -3.55. The van der Waals surface area contributed by atoms with Crippen LogP contribution >= 0.6 is 0 Å². The van der Waals surface area contributed by atoms with Crippen LogP contribution in [0.25, 0.3) is 0 Å². The Kier molecular flexibility index (Phi) is 4.25. The van der Waals surface area contributed by atoms with Gasteiger partial charge < -0.3 is 9.64 Å². The third-order valence-corrected chi connectivity index (χ3v) is 5.66. The molecule has 0 aromatic heterocycles. The molecule has 1 heterocycles. The van der Waals surface area contributed by atoms with Gasteiger partial charge in [0.15, 0.2) is 6.10 Å². The molecule has 1 aliphatic rings. The molecule has 1 atom stereocenters. The molecule has 1 unspecified atom stereocenters. The highest BCUT2D eigenvalue weighted by Crippen LogP contribution is 2.35. The van der Waals surface area contributed by atoms with Gasteiger partial charge in [-0.05, 0) is 25.1 Å². The molecule has 1 amide bonds. The van der Waals surface area contributed by atoms with Crippen LogP contribution in [0, 0.1) is 0 Å². The molecule has 0 saturated heterocycles. The number of likely N-dealkylation sites (N-methyl/N-ethyl adjacent to an activating group) is 1. The molecule has 2 rings (SSSR count). The first-order valence-electron chi connectivity index (χ1n) is 6.91. The summed E-state index contributed by atoms with van der Waals surface area (Å²) in [5, 5.41) is 0. The van der Waals surface area contributed by atoms with Gasteiger partial charge >= 0.3 is 0 Å². The van der Waals surface area contributed by atoms with Crippen LogP contribution in [-0.4, -0.2) is 44.9 Å². The molecule has 7 heteroatoms. The number of hydrogen-bond donors (Lipinski definition) is 0. The highest BCUT2D eigenvalue weighted by Gasteiger charge is 2.31. The van der Waals surface area contributed by atoms with Crippen molar-refractivity contribution >= 4 is 21.6 Å². The first kappa shape index (κ1) is 15.8. The van der Waals surface area contributed by atoms with E-state index in [0.29, 0.717) is 24.5 Å². The molecule has 0 bridgehead atoms. The Morgan fingerprint density at radius 2 is 1.90 bits per heavy atom. The van der Waals surface area contributed by atoms with Crippen LogP contribution in [0.1, 0.15) is 20.8 Å². The maximum atomic E-state index is 12.5. The second kappa shape index (κ2) is 5.65. The summed E-state index contributed by atoms with van der Waals surface area (Å²) in [6.45, 7) is 6.05. The lowest BCUT2D eigenvalue weighted by Gasteiger charge is -2.30. The topological polar surface area (TPSA) is 66.9 Å². The molecule has 0 spiro atoms. The Morgan fingerprint density at radius 1 is 1.29 bits per heavy atom. The van der Waals surface area contributed by atoms with Crippen LogP contribution < -0.4 is 9.64 Å². The number of carbonyl (C=O) groups is 1. The summed E-state index contributed by atoms with van der Waals surface area (Å²) in [5.41, 5.74) is 0.478. The number of fused-ring (bicyclic) bond motifs is 1. The summed E-state index contributed by atoms with van der Waals surface area (Å²) in [4.78, 5) is 13.5. The van der Waals surface area contributed by atoms with E-state index in [1.54, 1.807) is 33.9 Å². The van der Waals surface area contributed by atoms with Crippen LogP contribution in [-0.2, 0) is 14.8 Å². The summed E-state index contributed by atoms with van der Waals surface area (Å²) in [6, 6.07) is 4.61. The van der Waals surface area contributed by atoms with E-state index in [0.717, 1.165) is 0 Å². The van der Waals surface area contributed by atoms with Crippen molar-refractivity contribution < 1.29 is 17.9 Å². The zero-order valence-corrected chi connectivity index (χ0v) is 13.5. The Labute approximate surface area is 125 Å². The van der Waals surface area contributed by atoms with Crippen molar-refractivity contribution in [2.24, 2.45) is 0 Å². The van der Waals surface area contributed by atoms with E-state index >= 15 is 0 Å². The highest BCUT2D eigenvalue weighted by atomic mass is 32.2. The second-order valence-corrected chi connectivity index (χ2v) is 6.81.